The van der Waals surface area contributed by atoms with Crippen molar-refractivity contribution in [2.75, 3.05) is 0 Å². The summed E-state index contributed by atoms with van der Waals surface area (Å²) in [5.74, 6) is -1.07. The minimum atomic E-state index is -1.07. The number of carbonyl (C=O) groups is 1. The fourth-order valence-corrected chi connectivity index (χ4v) is 2.35. The molecule has 1 N–H and O–H groups in total. The summed E-state index contributed by atoms with van der Waals surface area (Å²) in [6.45, 7) is 5.95. The molecule has 0 bridgehead atoms. The normalized spacial score (nSPS) is 11.7. The van der Waals surface area contributed by atoms with Gasteiger partial charge in [0.15, 0.2) is 5.69 Å². The number of benzene rings is 1. The van der Waals surface area contributed by atoms with E-state index in [0.29, 0.717) is 15.7 Å². The number of aromatic carboxylic acids is 1. The van der Waals surface area contributed by atoms with Gasteiger partial charge in [0.05, 0.1) is 16.4 Å². The van der Waals surface area contributed by atoms with Crippen LogP contribution in [0.2, 0.25) is 10.0 Å². The van der Waals surface area contributed by atoms with Crippen molar-refractivity contribution in [1.82, 2.24) is 9.78 Å². The van der Waals surface area contributed by atoms with E-state index in [4.69, 9.17) is 28.3 Å². The average molecular weight is 313 g/mol. The molecule has 0 radical (unpaired) electrons. The molecule has 0 amide bonds. The monoisotopic (exact) mass is 312 g/mol. The first-order valence-corrected chi connectivity index (χ1v) is 6.75. The van der Waals surface area contributed by atoms with Gasteiger partial charge in [0.2, 0.25) is 0 Å². The van der Waals surface area contributed by atoms with Gasteiger partial charge >= 0.3 is 5.97 Å². The Morgan fingerprint density at radius 3 is 2.40 bits per heavy atom. The van der Waals surface area contributed by atoms with E-state index in [1.165, 1.54) is 0 Å². The molecule has 2 aromatic rings. The lowest BCUT2D eigenvalue weighted by molar-refractivity contribution is 0.0690. The highest BCUT2D eigenvalue weighted by molar-refractivity contribution is 6.35. The van der Waals surface area contributed by atoms with Crippen molar-refractivity contribution in [2.45, 2.75) is 26.2 Å². The van der Waals surface area contributed by atoms with Crippen LogP contribution in [-0.2, 0) is 5.41 Å². The summed E-state index contributed by atoms with van der Waals surface area (Å²) in [5, 5.41) is 14.2. The van der Waals surface area contributed by atoms with Crippen molar-refractivity contribution >= 4 is 29.2 Å². The lowest BCUT2D eigenvalue weighted by Gasteiger charge is -2.20. The Labute approximate surface area is 126 Å². The lowest BCUT2D eigenvalue weighted by atomic mass is 9.91. The smallest absolute Gasteiger partial charge is 0.356 e. The molecule has 1 heterocycles. The Kier molecular flexibility index (Phi) is 3.80. The topological polar surface area (TPSA) is 55.1 Å². The maximum atomic E-state index is 11.1. The van der Waals surface area contributed by atoms with Crippen LogP contribution in [0.3, 0.4) is 0 Å². The summed E-state index contributed by atoms with van der Waals surface area (Å²) in [5.41, 5.74) is 1.08. The zero-order valence-electron chi connectivity index (χ0n) is 11.3. The lowest BCUT2D eigenvalue weighted by Crippen LogP contribution is -2.17. The summed E-state index contributed by atoms with van der Waals surface area (Å²) in [4.78, 5) is 11.1. The highest BCUT2D eigenvalue weighted by Crippen LogP contribution is 2.30. The van der Waals surface area contributed by atoms with Gasteiger partial charge in [-0.05, 0) is 24.3 Å². The molecule has 0 fully saturated rings. The molecular weight excluding hydrogens is 299 g/mol. The molecule has 0 saturated carbocycles. The van der Waals surface area contributed by atoms with Crippen molar-refractivity contribution in [3.8, 4) is 5.69 Å². The van der Waals surface area contributed by atoms with Gasteiger partial charge in [-0.15, -0.1) is 0 Å². The molecule has 0 aliphatic rings. The number of carboxylic acid groups (broad SMARTS) is 1. The SMILES string of the molecule is CC(C)(C)c1cc(C(=O)O)nn1-c1ccc(Cl)cc1Cl. The molecule has 1 aromatic heterocycles. The van der Waals surface area contributed by atoms with E-state index in [2.05, 4.69) is 5.10 Å². The van der Waals surface area contributed by atoms with Crippen molar-refractivity contribution < 1.29 is 9.90 Å². The van der Waals surface area contributed by atoms with Crippen molar-refractivity contribution in [3.05, 3.63) is 45.7 Å². The Morgan fingerprint density at radius 2 is 1.90 bits per heavy atom. The second-order valence-corrected chi connectivity index (χ2v) is 6.32. The van der Waals surface area contributed by atoms with Gasteiger partial charge in [-0.3, -0.25) is 0 Å². The second kappa shape index (κ2) is 5.11. The van der Waals surface area contributed by atoms with Crippen LogP contribution in [0.15, 0.2) is 24.3 Å². The average Bonchev–Trinajstić information content (AvgIpc) is 2.73. The first-order chi connectivity index (χ1) is 9.20. The molecule has 6 heteroatoms. The first-order valence-electron chi connectivity index (χ1n) is 5.99. The summed E-state index contributed by atoms with van der Waals surface area (Å²) in [6.07, 6.45) is 0. The number of hydrogen-bond donors (Lipinski definition) is 1. The molecule has 2 rings (SSSR count). The maximum Gasteiger partial charge on any atom is 0.356 e. The number of rotatable bonds is 2. The van der Waals surface area contributed by atoms with Gasteiger partial charge in [0, 0.05) is 10.4 Å². The summed E-state index contributed by atoms with van der Waals surface area (Å²) in [6, 6.07) is 6.58. The number of halogens is 2. The molecule has 106 valence electrons. The third-order valence-corrected chi connectivity index (χ3v) is 3.37. The highest BCUT2D eigenvalue weighted by atomic mass is 35.5. The molecule has 0 spiro atoms. The van der Waals surface area contributed by atoms with Crippen LogP contribution in [0, 0.1) is 0 Å². The fourth-order valence-electron chi connectivity index (χ4n) is 1.86. The third-order valence-electron chi connectivity index (χ3n) is 2.83. The van der Waals surface area contributed by atoms with Gasteiger partial charge in [0.25, 0.3) is 0 Å². The number of nitrogens with zero attached hydrogens (tertiary/aromatic N) is 2. The number of carboxylic acids is 1. The van der Waals surface area contributed by atoms with Gasteiger partial charge < -0.3 is 5.11 Å². The van der Waals surface area contributed by atoms with Crippen LogP contribution in [0.25, 0.3) is 5.69 Å². The quantitative estimate of drug-likeness (QED) is 0.905. The fraction of sp³-hybridized carbons (Fsp3) is 0.286. The second-order valence-electron chi connectivity index (χ2n) is 5.48. The molecule has 4 nitrogen and oxygen atoms in total. The molecule has 0 saturated heterocycles. The van der Waals surface area contributed by atoms with Gasteiger partial charge in [-0.2, -0.15) is 5.10 Å². The van der Waals surface area contributed by atoms with E-state index in [1.54, 1.807) is 28.9 Å². The first kappa shape index (κ1) is 14.9. The zero-order valence-corrected chi connectivity index (χ0v) is 12.8. The van der Waals surface area contributed by atoms with E-state index in [0.717, 1.165) is 5.69 Å². The zero-order chi connectivity index (χ0) is 15.1. The predicted octanol–water partition coefficient (Wildman–Crippen LogP) is 4.17. The van der Waals surface area contributed by atoms with Crippen LogP contribution in [0.1, 0.15) is 37.0 Å². The Bertz CT molecular complexity index is 672. The Morgan fingerprint density at radius 1 is 1.25 bits per heavy atom. The van der Waals surface area contributed by atoms with E-state index < -0.39 is 5.97 Å². The van der Waals surface area contributed by atoms with Gasteiger partial charge in [-0.25, -0.2) is 9.48 Å². The number of aromatic nitrogens is 2. The van der Waals surface area contributed by atoms with Crippen LogP contribution in [-0.4, -0.2) is 20.9 Å². The predicted molar refractivity (Wildman–Crippen MR) is 79.2 cm³/mol. The van der Waals surface area contributed by atoms with E-state index in [9.17, 15) is 4.79 Å². The summed E-state index contributed by atoms with van der Waals surface area (Å²) < 4.78 is 1.56. The molecular formula is C14H14Cl2N2O2. The largest absolute Gasteiger partial charge is 0.476 e. The molecule has 0 aliphatic heterocycles. The number of hydrogen-bond acceptors (Lipinski definition) is 2. The van der Waals surface area contributed by atoms with E-state index in [-0.39, 0.29) is 11.1 Å². The summed E-state index contributed by atoms with van der Waals surface area (Å²) in [7, 11) is 0. The Hall–Kier alpha value is -1.52. The van der Waals surface area contributed by atoms with Crippen LogP contribution in [0.5, 0.6) is 0 Å². The van der Waals surface area contributed by atoms with E-state index >= 15 is 0 Å². The van der Waals surface area contributed by atoms with Crippen LogP contribution in [0.4, 0.5) is 0 Å². The summed E-state index contributed by atoms with van der Waals surface area (Å²) >= 11 is 12.1. The Balaban J connectivity index is 2.69. The van der Waals surface area contributed by atoms with Crippen molar-refractivity contribution in [1.29, 1.82) is 0 Å². The van der Waals surface area contributed by atoms with Crippen LogP contribution >= 0.6 is 23.2 Å². The minimum Gasteiger partial charge on any atom is -0.476 e. The van der Waals surface area contributed by atoms with Crippen molar-refractivity contribution in [3.63, 3.8) is 0 Å². The van der Waals surface area contributed by atoms with E-state index in [1.807, 2.05) is 20.8 Å². The van der Waals surface area contributed by atoms with Gasteiger partial charge in [-0.1, -0.05) is 44.0 Å². The van der Waals surface area contributed by atoms with Gasteiger partial charge in [0.1, 0.15) is 0 Å². The minimum absolute atomic E-state index is 0.0130. The molecule has 1 aromatic carbocycles. The molecule has 0 aliphatic carbocycles. The van der Waals surface area contributed by atoms with Crippen LogP contribution < -0.4 is 0 Å². The standard InChI is InChI=1S/C14H14Cl2N2O2/c1-14(2,3)12-7-10(13(19)20)17-18(12)11-5-4-8(15)6-9(11)16/h4-7H,1-3H3,(H,19,20). The maximum absolute atomic E-state index is 11.1. The molecule has 0 unspecified atom stereocenters. The van der Waals surface area contributed by atoms with Crippen molar-refractivity contribution in [2.24, 2.45) is 0 Å². The highest BCUT2D eigenvalue weighted by Gasteiger charge is 2.24. The molecule has 0 atom stereocenters. The third kappa shape index (κ3) is 2.81. The molecule has 20 heavy (non-hydrogen) atoms.